The summed E-state index contributed by atoms with van der Waals surface area (Å²) in [5.74, 6) is 1.06. The molecule has 0 spiro atoms. The smallest absolute Gasteiger partial charge is 0.305 e. The van der Waals surface area contributed by atoms with Crippen LogP contribution < -0.4 is 5.32 Å². The molecule has 0 saturated heterocycles. The van der Waals surface area contributed by atoms with Gasteiger partial charge in [-0.3, -0.25) is 4.57 Å². The normalized spacial score (nSPS) is 17.1. The van der Waals surface area contributed by atoms with Crippen LogP contribution in [0.25, 0.3) is 0 Å². The zero-order valence-electron chi connectivity index (χ0n) is 9.58. The monoisotopic (exact) mass is 229 g/mol. The Balaban J connectivity index is 1.96. The van der Waals surface area contributed by atoms with Crippen LogP contribution in [0.2, 0.25) is 0 Å². The predicted molar refractivity (Wildman–Crippen MR) is 57.1 cm³/mol. The van der Waals surface area contributed by atoms with Crippen LogP contribution in [-0.2, 0) is 6.54 Å². The van der Waals surface area contributed by atoms with Gasteiger partial charge in [-0.05, 0) is 32.6 Å². The fraction of sp³-hybridized carbons (Fsp3) is 0.727. The van der Waals surface area contributed by atoms with Crippen LogP contribution in [0.1, 0.15) is 39.1 Å². The van der Waals surface area contributed by atoms with Crippen molar-refractivity contribution in [3.8, 4) is 0 Å². The first-order chi connectivity index (χ1) is 7.50. The van der Waals surface area contributed by atoms with Crippen LogP contribution in [0.15, 0.2) is 12.4 Å². The van der Waals surface area contributed by atoms with Crippen molar-refractivity contribution in [3.63, 3.8) is 0 Å². The molecule has 1 heterocycles. The lowest BCUT2D eigenvalue weighted by atomic mass is 9.99. The van der Waals surface area contributed by atoms with E-state index in [0.717, 1.165) is 4.57 Å². The van der Waals surface area contributed by atoms with E-state index >= 15 is 0 Å². The number of imidazole rings is 1. The topological polar surface area (TPSA) is 29.9 Å². The Kier molecular flexibility index (Phi) is 2.97. The van der Waals surface area contributed by atoms with Crippen molar-refractivity contribution in [2.24, 2.45) is 5.92 Å². The van der Waals surface area contributed by atoms with E-state index in [4.69, 9.17) is 0 Å². The SMILES string of the molecule is CC(C)(NCc1nccn1C(F)F)C1CC1. The van der Waals surface area contributed by atoms with Crippen molar-refractivity contribution >= 4 is 0 Å². The van der Waals surface area contributed by atoms with Gasteiger partial charge in [-0.15, -0.1) is 0 Å². The largest absolute Gasteiger partial charge is 0.319 e. The average molecular weight is 229 g/mol. The zero-order valence-corrected chi connectivity index (χ0v) is 9.58. The van der Waals surface area contributed by atoms with E-state index in [1.165, 1.54) is 25.2 Å². The molecule has 1 aromatic rings. The molecule has 0 atom stereocenters. The molecule has 1 aliphatic carbocycles. The minimum atomic E-state index is -2.51. The maximum Gasteiger partial charge on any atom is 0.319 e. The Labute approximate surface area is 93.9 Å². The summed E-state index contributed by atoms with van der Waals surface area (Å²) in [5, 5.41) is 3.30. The molecule has 0 radical (unpaired) electrons. The highest BCUT2D eigenvalue weighted by Crippen LogP contribution is 2.39. The number of nitrogens with one attached hydrogen (secondary N) is 1. The number of halogens is 2. The molecular formula is C11H17F2N3. The molecule has 1 aliphatic rings. The van der Waals surface area contributed by atoms with Gasteiger partial charge in [-0.2, -0.15) is 8.78 Å². The highest BCUT2D eigenvalue weighted by molar-refractivity contribution is 4.98. The third-order valence-electron chi connectivity index (χ3n) is 3.26. The maximum absolute atomic E-state index is 12.5. The Hall–Kier alpha value is -0.970. The van der Waals surface area contributed by atoms with Gasteiger partial charge in [0.05, 0.1) is 6.54 Å². The van der Waals surface area contributed by atoms with Crippen molar-refractivity contribution in [1.82, 2.24) is 14.9 Å². The summed E-state index contributed by atoms with van der Waals surface area (Å²) in [6, 6.07) is 0. The summed E-state index contributed by atoms with van der Waals surface area (Å²) < 4.78 is 26.0. The van der Waals surface area contributed by atoms with Crippen molar-refractivity contribution in [1.29, 1.82) is 0 Å². The zero-order chi connectivity index (χ0) is 11.8. The van der Waals surface area contributed by atoms with E-state index in [1.54, 1.807) is 0 Å². The molecule has 3 nitrogen and oxygen atoms in total. The molecule has 1 saturated carbocycles. The highest BCUT2D eigenvalue weighted by atomic mass is 19.3. The van der Waals surface area contributed by atoms with Gasteiger partial charge in [0.15, 0.2) is 0 Å². The summed E-state index contributed by atoms with van der Waals surface area (Å²) in [6.07, 6.45) is 5.17. The summed E-state index contributed by atoms with van der Waals surface area (Å²) in [5.41, 5.74) is 0.0128. The van der Waals surface area contributed by atoms with Crippen molar-refractivity contribution < 1.29 is 8.78 Å². The molecule has 16 heavy (non-hydrogen) atoms. The highest BCUT2D eigenvalue weighted by Gasteiger charge is 2.37. The van der Waals surface area contributed by atoms with Gasteiger partial charge in [0, 0.05) is 17.9 Å². The van der Waals surface area contributed by atoms with E-state index in [2.05, 4.69) is 24.1 Å². The van der Waals surface area contributed by atoms with Crippen LogP contribution in [0.5, 0.6) is 0 Å². The molecule has 2 rings (SSSR count). The number of rotatable bonds is 5. The minimum Gasteiger partial charge on any atom is -0.305 e. The van der Waals surface area contributed by atoms with E-state index in [9.17, 15) is 8.78 Å². The number of hydrogen-bond acceptors (Lipinski definition) is 2. The number of hydrogen-bond donors (Lipinski definition) is 1. The molecule has 0 bridgehead atoms. The van der Waals surface area contributed by atoms with E-state index in [1.807, 2.05) is 0 Å². The molecule has 0 unspecified atom stereocenters. The van der Waals surface area contributed by atoms with E-state index in [0.29, 0.717) is 18.3 Å². The number of aromatic nitrogens is 2. The van der Waals surface area contributed by atoms with Gasteiger partial charge in [-0.25, -0.2) is 4.98 Å². The fourth-order valence-corrected chi connectivity index (χ4v) is 1.91. The van der Waals surface area contributed by atoms with Gasteiger partial charge in [-0.1, -0.05) is 0 Å². The molecule has 5 heteroatoms. The Bertz CT molecular complexity index is 356. The van der Waals surface area contributed by atoms with Crippen LogP contribution in [0, 0.1) is 5.92 Å². The number of nitrogens with zero attached hydrogens (tertiary/aromatic N) is 2. The Morgan fingerprint density at radius 3 is 2.81 bits per heavy atom. The Morgan fingerprint density at radius 1 is 1.56 bits per heavy atom. The first kappa shape index (κ1) is 11.5. The second kappa shape index (κ2) is 4.13. The summed E-state index contributed by atoms with van der Waals surface area (Å²) in [7, 11) is 0. The average Bonchev–Trinajstić information content (AvgIpc) is 2.95. The third-order valence-corrected chi connectivity index (χ3v) is 3.26. The van der Waals surface area contributed by atoms with Crippen LogP contribution >= 0.6 is 0 Å². The van der Waals surface area contributed by atoms with Crippen molar-refractivity contribution in [2.75, 3.05) is 0 Å². The van der Waals surface area contributed by atoms with Crippen LogP contribution in [0.4, 0.5) is 8.78 Å². The molecule has 1 fully saturated rings. The van der Waals surface area contributed by atoms with Gasteiger partial charge < -0.3 is 5.32 Å². The summed E-state index contributed by atoms with van der Waals surface area (Å²) >= 11 is 0. The molecular weight excluding hydrogens is 212 g/mol. The van der Waals surface area contributed by atoms with Gasteiger partial charge >= 0.3 is 6.55 Å². The third kappa shape index (κ3) is 2.40. The first-order valence-electron chi connectivity index (χ1n) is 5.55. The summed E-state index contributed by atoms with van der Waals surface area (Å²) in [4.78, 5) is 3.94. The molecule has 0 aliphatic heterocycles. The maximum atomic E-state index is 12.5. The molecule has 1 aromatic heterocycles. The summed E-state index contributed by atoms with van der Waals surface area (Å²) in [6.45, 7) is 2.10. The van der Waals surface area contributed by atoms with E-state index in [-0.39, 0.29) is 5.54 Å². The minimum absolute atomic E-state index is 0.0128. The van der Waals surface area contributed by atoms with Crippen molar-refractivity contribution in [2.45, 2.75) is 45.3 Å². The quantitative estimate of drug-likeness (QED) is 0.841. The molecule has 0 amide bonds. The fourth-order valence-electron chi connectivity index (χ4n) is 1.91. The Morgan fingerprint density at radius 2 is 2.25 bits per heavy atom. The molecule has 90 valence electrons. The first-order valence-corrected chi connectivity index (χ1v) is 5.55. The second-order valence-electron chi connectivity index (χ2n) is 4.88. The number of alkyl halides is 2. The lowest BCUT2D eigenvalue weighted by Crippen LogP contribution is -2.41. The standard InChI is InChI=1S/C11H17F2N3/c1-11(2,8-3-4-8)15-7-9-14-5-6-16(9)10(12)13/h5-6,8,10,15H,3-4,7H2,1-2H3. The molecule has 0 aromatic carbocycles. The van der Waals surface area contributed by atoms with E-state index < -0.39 is 6.55 Å². The lowest BCUT2D eigenvalue weighted by Gasteiger charge is -2.26. The van der Waals surface area contributed by atoms with Crippen LogP contribution in [-0.4, -0.2) is 15.1 Å². The van der Waals surface area contributed by atoms with Gasteiger partial charge in [0.2, 0.25) is 0 Å². The lowest BCUT2D eigenvalue weighted by molar-refractivity contribution is 0.0661. The predicted octanol–water partition coefficient (Wildman–Crippen LogP) is 2.56. The second-order valence-corrected chi connectivity index (χ2v) is 4.88. The molecule has 1 N–H and O–H groups in total. The van der Waals surface area contributed by atoms with Crippen LogP contribution in [0.3, 0.4) is 0 Å². The van der Waals surface area contributed by atoms with Gasteiger partial charge in [0.25, 0.3) is 0 Å². The van der Waals surface area contributed by atoms with Gasteiger partial charge in [0.1, 0.15) is 5.82 Å². The van der Waals surface area contributed by atoms with Crippen molar-refractivity contribution in [3.05, 3.63) is 18.2 Å².